The van der Waals surface area contributed by atoms with Gasteiger partial charge in [-0.2, -0.15) is 0 Å². The minimum atomic E-state index is -4.95. The van der Waals surface area contributed by atoms with E-state index in [9.17, 15) is 43.2 Å². The van der Waals surface area contributed by atoms with Crippen molar-refractivity contribution in [2.75, 3.05) is 39.6 Å². The number of rotatable bonds is 63. The number of hydrogen-bond acceptors (Lipinski definition) is 15. The van der Waals surface area contributed by atoms with Crippen molar-refractivity contribution < 1.29 is 80.2 Å². The number of carbonyl (C=O) groups excluding carboxylic acids is 4. The van der Waals surface area contributed by atoms with Gasteiger partial charge in [-0.15, -0.1) is 0 Å². The molecule has 0 aliphatic carbocycles. The Morgan fingerprint density at radius 3 is 0.835 bits per heavy atom. The first kappa shape index (κ1) is 83.1. The Morgan fingerprint density at radius 1 is 0.329 bits per heavy atom. The Balaban J connectivity index is 5.24. The summed E-state index contributed by atoms with van der Waals surface area (Å²) < 4.78 is 68.1. The van der Waals surface area contributed by atoms with Crippen molar-refractivity contribution in [2.24, 2.45) is 23.7 Å². The van der Waals surface area contributed by atoms with Crippen molar-refractivity contribution in [3.8, 4) is 0 Å². The molecule has 0 aliphatic heterocycles. The first-order valence-corrected chi connectivity index (χ1v) is 37.2. The number of aliphatic hydroxyl groups is 1. The standard InChI is InChI=1S/C66H128O17P2/c1-9-59(8)45-37-29-21-12-10-11-13-22-30-38-46-63(68)76-52-61(82-65(70)48-40-32-24-16-19-27-35-43-57(4)5)54-80-84(72,73)78-50-60(67)51-79-85(74,75)81-55-62(83-66(71)49-41-33-25-17-20-28-36-44-58(6)7)53-77-64(69)47-39-31-23-15-14-18-26-34-42-56(2)3/h56-62,67H,9-55H2,1-8H3,(H,72,73)(H,74,75)/t59?,60?,61-,62-/m1/s1. The molecule has 4 unspecified atom stereocenters. The van der Waals surface area contributed by atoms with Gasteiger partial charge >= 0.3 is 39.5 Å². The fourth-order valence-electron chi connectivity index (χ4n) is 9.75. The Hall–Kier alpha value is -1.94. The van der Waals surface area contributed by atoms with Gasteiger partial charge < -0.3 is 33.8 Å². The van der Waals surface area contributed by atoms with Gasteiger partial charge in [0, 0.05) is 25.7 Å². The molecule has 0 aliphatic rings. The largest absolute Gasteiger partial charge is 0.472 e. The molecule has 0 rings (SSSR count). The molecule has 0 aromatic carbocycles. The number of unbranched alkanes of at least 4 members (excludes halogenated alkanes) is 28. The van der Waals surface area contributed by atoms with Crippen molar-refractivity contribution in [1.29, 1.82) is 0 Å². The maximum atomic E-state index is 13.0. The lowest BCUT2D eigenvalue weighted by Gasteiger charge is -2.21. The lowest BCUT2D eigenvalue weighted by Crippen LogP contribution is -2.30. The van der Waals surface area contributed by atoms with Crippen LogP contribution in [0, 0.1) is 23.7 Å². The van der Waals surface area contributed by atoms with Crippen LogP contribution in [-0.2, 0) is 65.4 Å². The second kappa shape index (κ2) is 56.1. The molecule has 0 bridgehead atoms. The summed E-state index contributed by atoms with van der Waals surface area (Å²) >= 11 is 0. The number of hydrogen-bond donors (Lipinski definition) is 3. The molecule has 0 aromatic rings. The highest BCUT2D eigenvalue weighted by atomic mass is 31.2. The van der Waals surface area contributed by atoms with Crippen molar-refractivity contribution in [1.82, 2.24) is 0 Å². The SMILES string of the molecule is CCC(C)CCCCCCCCCCCCC(=O)OC[C@H](COP(=O)(O)OCC(O)COP(=O)(O)OC[C@@H](COC(=O)CCCCCCCCCCC(C)C)OC(=O)CCCCCCCCCC(C)C)OC(=O)CCCCCCCCCC(C)C. The number of phosphoric acid groups is 2. The quantitative estimate of drug-likeness (QED) is 0.0222. The Morgan fingerprint density at radius 2 is 0.565 bits per heavy atom. The first-order valence-electron chi connectivity index (χ1n) is 34.2. The van der Waals surface area contributed by atoms with Gasteiger partial charge in [0.25, 0.3) is 0 Å². The molecule has 0 fully saturated rings. The molecule has 0 radical (unpaired) electrons. The van der Waals surface area contributed by atoms with Gasteiger partial charge in [0.05, 0.1) is 26.4 Å². The van der Waals surface area contributed by atoms with E-state index in [1.807, 2.05) is 0 Å². The number of aliphatic hydroxyl groups excluding tert-OH is 1. The summed E-state index contributed by atoms with van der Waals surface area (Å²) in [6.07, 6.45) is 36.3. The summed E-state index contributed by atoms with van der Waals surface area (Å²) in [6, 6.07) is 0. The van der Waals surface area contributed by atoms with Gasteiger partial charge in [-0.05, 0) is 49.4 Å². The van der Waals surface area contributed by atoms with Gasteiger partial charge in [-0.25, -0.2) is 9.13 Å². The summed E-state index contributed by atoms with van der Waals surface area (Å²) in [4.78, 5) is 72.3. The predicted octanol–water partition coefficient (Wildman–Crippen LogP) is 18.1. The maximum absolute atomic E-state index is 13.0. The molecule has 0 amide bonds. The zero-order chi connectivity index (χ0) is 63.2. The van der Waals surface area contributed by atoms with E-state index in [0.717, 1.165) is 102 Å². The average molecular weight is 1260 g/mol. The number of esters is 4. The average Bonchev–Trinajstić information content (AvgIpc) is 3.46. The third kappa shape index (κ3) is 59.5. The van der Waals surface area contributed by atoms with Crippen LogP contribution < -0.4 is 0 Å². The highest BCUT2D eigenvalue weighted by molar-refractivity contribution is 7.47. The summed E-state index contributed by atoms with van der Waals surface area (Å²) in [5.41, 5.74) is 0. The third-order valence-corrected chi connectivity index (χ3v) is 17.3. The molecule has 0 heterocycles. The van der Waals surface area contributed by atoms with E-state index >= 15 is 0 Å². The van der Waals surface area contributed by atoms with Crippen LogP contribution in [0.3, 0.4) is 0 Å². The summed E-state index contributed by atoms with van der Waals surface area (Å²) in [5, 5.41) is 10.5. The monoisotopic (exact) mass is 1250 g/mol. The molecule has 0 aromatic heterocycles. The van der Waals surface area contributed by atoms with Crippen LogP contribution in [0.25, 0.3) is 0 Å². The van der Waals surface area contributed by atoms with E-state index in [0.29, 0.717) is 37.5 Å². The van der Waals surface area contributed by atoms with E-state index in [1.165, 1.54) is 122 Å². The fourth-order valence-corrected chi connectivity index (χ4v) is 11.3. The van der Waals surface area contributed by atoms with E-state index in [2.05, 4.69) is 55.4 Å². The number of phosphoric ester groups is 2. The highest BCUT2D eigenvalue weighted by Gasteiger charge is 2.30. The van der Waals surface area contributed by atoms with Crippen molar-refractivity contribution in [3.05, 3.63) is 0 Å². The van der Waals surface area contributed by atoms with E-state index in [4.69, 9.17) is 37.0 Å². The molecule has 0 saturated carbocycles. The Bertz CT molecular complexity index is 1700. The molecule has 0 saturated heterocycles. The van der Waals surface area contributed by atoms with Crippen LogP contribution in [0.1, 0.15) is 319 Å². The molecule has 3 N–H and O–H groups in total. The van der Waals surface area contributed by atoms with Gasteiger partial charge in [-0.3, -0.25) is 37.3 Å². The Labute approximate surface area is 517 Å². The second-order valence-corrected chi connectivity index (χ2v) is 28.4. The normalized spacial score (nSPS) is 14.7. The first-order chi connectivity index (χ1) is 40.6. The van der Waals surface area contributed by atoms with Crippen LogP contribution in [-0.4, -0.2) is 96.7 Å². The van der Waals surface area contributed by atoms with Crippen molar-refractivity contribution >= 4 is 39.5 Å². The van der Waals surface area contributed by atoms with Crippen molar-refractivity contribution in [2.45, 2.75) is 337 Å². The zero-order valence-electron chi connectivity index (χ0n) is 55.2. The molecule has 85 heavy (non-hydrogen) atoms. The van der Waals surface area contributed by atoms with Crippen LogP contribution in [0.2, 0.25) is 0 Å². The summed E-state index contributed by atoms with van der Waals surface area (Å²) in [6.45, 7) is 14.0. The highest BCUT2D eigenvalue weighted by Crippen LogP contribution is 2.45. The summed E-state index contributed by atoms with van der Waals surface area (Å²) in [5.74, 6) is 0.788. The van der Waals surface area contributed by atoms with Crippen molar-refractivity contribution in [3.63, 3.8) is 0 Å². The lowest BCUT2D eigenvalue weighted by atomic mass is 9.99. The maximum Gasteiger partial charge on any atom is 0.472 e. The Kier molecular flexibility index (Phi) is 54.8. The molecular formula is C66H128O17P2. The molecule has 504 valence electrons. The number of ether oxygens (including phenoxy) is 4. The van der Waals surface area contributed by atoms with Crippen LogP contribution in [0.15, 0.2) is 0 Å². The van der Waals surface area contributed by atoms with Crippen LogP contribution in [0.5, 0.6) is 0 Å². The molecule has 6 atom stereocenters. The molecular weight excluding hydrogens is 1130 g/mol. The van der Waals surface area contributed by atoms with Crippen LogP contribution >= 0.6 is 15.6 Å². The molecule has 19 heteroatoms. The number of carbonyl (C=O) groups is 4. The van der Waals surface area contributed by atoms with E-state index in [-0.39, 0.29) is 25.7 Å². The minimum absolute atomic E-state index is 0.102. The zero-order valence-corrected chi connectivity index (χ0v) is 57.0. The third-order valence-electron chi connectivity index (χ3n) is 15.4. The molecule has 0 spiro atoms. The van der Waals surface area contributed by atoms with Gasteiger partial charge in [-0.1, -0.05) is 267 Å². The predicted molar refractivity (Wildman–Crippen MR) is 340 cm³/mol. The molecule has 17 nitrogen and oxygen atoms in total. The van der Waals surface area contributed by atoms with E-state index < -0.39 is 97.5 Å². The minimum Gasteiger partial charge on any atom is -0.462 e. The smallest absolute Gasteiger partial charge is 0.462 e. The summed E-state index contributed by atoms with van der Waals surface area (Å²) in [7, 11) is -9.89. The van der Waals surface area contributed by atoms with Gasteiger partial charge in [0.2, 0.25) is 0 Å². The van der Waals surface area contributed by atoms with E-state index in [1.54, 1.807) is 0 Å². The van der Waals surface area contributed by atoms with Gasteiger partial charge in [0.15, 0.2) is 12.2 Å². The lowest BCUT2D eigenvalue weighted by molar-refractivity contribution is -0.161. The fraction of sp³-hybridized carbons (Fsp3) is 0.939. The topological polar surface area (TPSA) is 237 Å². The second-order valence-electron chi connectivity index (χ2n) is 25.5. The van der Waals surface area contributed by atoms with Crippen LogP contribution in [0.4, 0.5) is 0 Å². The van der Waals surface area contributed by atoms with Gasteiger partial charge in [0.1, 0.15) is 19.3 Å².